The average Bonchev–Trinajstić information content (AvgIpc) is 2.91. The lowest BCUT2D eigenvalue weighted by atomic mass is 10.2. The van der Waals surface area contributed by atoms with Gasteiger partial charge in [0.25, 0.3) is 5.56 Å². The standard InChI is InChI=1S/C27H24F2N4O4/c1-36-24-14-19(7-11-23(24)37-16-18-3-2-4-21(29)13-18)26-31-27(35)22(32-33-26)10-12-25(34)30-15-17-5-8-20(28)9-6-17/h2-9,11,13-14H,10,12,15-16H2,1H3,(H,30,34)(H,31,33,35). The van der Waals surface area contributed by atoms with Crippen molar-refractivity contribution in [2.45, 2.75) is 26.0 Å². The molecule has 3 aromatic carbocycles. The van der Waals surface area contributed by atoms with Gasteiger partial charge in [0.2, 0.25) is 5.91 Å². The fraction of sp³-hybridized carbons (Fsp3) is 0.185. The number of aryl methyl sites for hydroxylation is 1. The normalized spacial score (nSPS) is 10.7. The highest BCUT2D eigenvalue weighted by molar-refractivity contribution is 5.76. The summed E-state index contributed by atoms with van der Waals surface area (Å²) >= 11 is 0. The van der Waals surface area contributed by atoms with Gasteiger partial charge in [0.15, 0.2) is 17.3 Å². The number of nitrogens with one attached hydrogen (secondary N) is 2. The molecule has 0 atom stereocenters. The van der Waals surface area contributed by atoms with E-state index in [4.69, 9.17) is 9.47 Å². The molecule has 8 nitrogen and oxygen atoms in total. The third-order valence-corrected chi connectivity index (χ3v) is 5.48. The summed E-state index contributed by atoms with van der Waals surface area (Å²) in [6, 6.07) is 16.9. The highest BCUT2D eigenvalue weighted by atomic mass is 19.1. The second-order valence-electron chi connectivity index (χ2n) is 8.14. The largest absolute Gasteiger partial charge is 0.493 e. The van der Waals surface area contributed by atoms with Crippen LogP contribution in [0.15, 0.2) is 71.5 Å². The van der Waals surface area contributed by atoms with E-state index >= 15 is 0 Å². The van der Waals surface area contributed by atoms with Crippen molar-refractivity contribution in [2.75, 3.05) is 7.11 Å². The summed E-state index contributed by atoms with van der Waals surface area (Å²) in [5, 5.41) is 10.8. The van der Waals surface area contributed by atoms with Crippen molar-refractivity contribution in [1.29, 1.82) is 0 Å². The molecule has 37 heavy (non-hydrogen) atoms. The summed E-state index contributed by atoms with van der Waals surface area (Å²) in [4.78, 5) is 27.3. The summed E-state index contributed by atoms with van der Waals surface area (Å²) in [6.07, 6.45) is 0.150. The maximum absolute atomic E-state index is 13.4. The van der Waals surface area contributed by atoms with E-state index in [-0.39, 0.29) is 55.1 Å². The third kappa shape index (κ3) is 6.97. The molecule has 0 aliphatic heterocycles. The summed E-state index contributed by atoms with van der Waals surface area (Å²) in [5.74, 6) is 0.102. The van der Waals surface area contributed by atoms with Crippen molar-refractivity contribution in [2.24, 2.45) is 0 Å². The molecule has 4 rings (SSSR count). The molecule has 0 aliphatic carbocycles. The predicted molar refractivity (Wildman–Crippen MR) is 132 cm³/mol. The molecule has 0 fully saturated rings. The second kappa shape index (κ2) is 11.9. The molecule has 190 valence electrons. The minimum Gasteiger partial charge on any atom is -0.493 e. The second-order valence-corrected chi connectivity index (χ2v) is 8.14. The highest BCUT2D eigenvalue weighted by Gasteiger charge is 2.13. The van der Waals surface area contributed by atoms with Crippen LogP contribution in [-0.2, 0) is 24.4 Å². The number of halogens is 2. The van der Waals surface area contributed by atoms with Gasteiger partial charge in [-0.2, -0.15) is 0 Å². The van der Waals surface area contributed by atoms with Gasteiger partial charge in [0, 0.05) is 24.9 Å². The minimum absolute atomic E-state index is 0.0451. The molecule has 1 amide bonds. The zero-order valence-electron chi connectivity index (χ0n) is 20.0. The Kier molecular flexibility index (Phi) is 8.19. The predicted octanol–water partition coefficient (Wildman–Crippen LogP) is 3.95. The van der Waals surface area contributed by atoms with E-state index in [1.54, 1.807) is 42.5 Å². The molecule has 0 saturated heterocycles. The molecule has 0 bridgehead atoms. The van der Waals surface area contributed by atoms with Crippen molar-refractivity contribution >= 4 is 5.91 Å². The molecule has 2 N–H and O–H groups in total. The van der Waals surface area contributed by atoms with Crippen molar-refractivity contribution in [3.8, 4) is 22.9 Å². The SMILES string of the molecule is COc1cc(-c2nnc(CCC(=O)NCc3ccc(F)cc3)c(=O)[nH]2)ccc1OCc1cccc(F)c1. The first-order chi connectivity index (χ1) is 17.9. The fourth-order valence-corrected chi connectivity index (χ4v) is 3.50. The van der Waals surface area contributed by atoms with E-state index in [0.29, 0.717) is 22.6 Å². The number of hydrogen-bond donors (Lipinski definition) is 2. The molecule has 0 spiro atoms. The number of ether oxygens (including phenoxy) is 2. The van der Waals surface area contributed by atoms with Crippen LogP contribution in [0.1, 0.15) is 23.2 Å². The zero-order valence-corrected chi connectivity index (χ0v) is 20.0. The molecule has 4 aromatic rings. The molecule has 10 heteroatoms. The molecule has 1 heterocycles. The Balaban J connectivity index is 1.36. The van der Waals surface area contributed by atoms with Gasteiger partial charge in [0.05, 0.1) is 7.11 Å². The maximum atomic E-state index is 13.4. The van der Waals surface area contributed by atoms with Crippen LogP contribution in [0.25, 0.3) is 11.4 Å². The lowest BCUT2D eigenvalue weighted by molar-refractivity contribution is -0.121. The number of hydrogen-bond acceptors (Lipinski definition) is 6. The van der Waals surface area contributed by atoms with Crippen LogP contribution < -0.4 is 20.3 Å². The van der Waals surface area contributed by atoms with Crippen LogP contribution >= 0.6 is 0 Å². The average molecular weight is 507 g/mol. The van der Waals surface area contributed by atoms with Gasteiger partial charge in [0.1, 0.15) is 23.9 Å². The Bertz CT molecular complexity index is 1440. The topological polar surface area (TPSA) is 106 Å². The Labute approximate surface area is 211 Å². The maximum Gasteiger partial charge on any atom is 0.273 e. The van der Waals surface area contributed by atoms with E-state index in [1.165, 1.54) is 31.4 Å². The molecule has 0 aliphatic rings. The van der Waals surface area contributed by atoms with E-state index in [9.17, 15) is 18.4 Å². The number of methoxy groups -OCH3 is 1. The third-order valence-electron chi connectivity index (χ3n) is 5.48. The van der Waals surface area contributed by atoms with Gasteiger partial charge in [-0.3, -0.25) is 9.59 Å². The van der Waals surface area contributed by atoms with E-state index < -0.39 is 5.56 Å². The van der Waals surface area contributed by atoms with Crippen molar-refractivity contribution in [3.63, 3.8) is 0 Å². The first-order valence-electron chi connectivity index (χ1n) is 11.4. The monoisotopic (exact) mass is 506 g/mol. The molecule has 1 aromatic heterocycles. The Morgan fingerprint density at radius 2 is 1.76 bits per heavy atom. The highest BCUT2D eigenvalue weighted by Crippen LogP contribution is 2.31. The van der Waals surface area contributed by atoms with Crippen molar-refractivity contribution < 1.29 is 23.0 Å². The summed E-state index contributed by atoms with van der Waals surface area (Å²) in [7, 11) is 1.48. The van der Waals surface area contributed by atoms with E-state index in [0.717, 1.165) is 5.56 Å². The van der Waals surface area contributed by atoms with Gasteiger partial charge < -0.3 is 19.8 Å². The van der Waals surface area contributed by atoms with Gasteiger partial charge in [-0.05, 0) is 53.6 Å². The molecular weight excluding hydrogens is 482 g/mol. The number of aromatic nitrogens is 3. The Morgan fingerprint density at radius 3 is 2.49 bits per heavy atom. The number of aromatic amines is 1. The number of H-pyrrole nitrogens is 1. The smallest absolute Gasteiger partial charge is 0.273 e. The Hall–Kier alpha value is -4.60. The lowest BCUT2D eigenvalue weighted by Crippen LogP contribution is -2.25. The minimum atomic E-state index is -0.457. The first kappa shape index (κ1) is 25.5. The summed E-state index contributed by atoms with van der Waals surface area (Å²) in [5.41, 5.74) is 1.64. The van der Waals surface area contributed by atoms with Gasteiger partial charge in [-0.15, -0.1) is 10.2 Å². The number of carbonyl (C=O) groups is 1. The first-order valence-corrected chi connectivity index (χ1v) is 11.4. The van der Waals surface area contributed by atoms with Gasteiger partial charge in [-0.25, -0.2) is 8.78 Å². The lowest BCUT2D eigenvalue weighted by Gasteiger charge is -2.12. The number of benzene rings is 3. The zero-order chi connectivity index (χ0) is 26.2. The van der Waals surface area contributed by atoms with Gasteiger partial charge in [-0.1, -0.05) is 24.3 Å². The van der Waals surface area contributed by atoms with E-state index in [2.05, 4.69) is 20.5 Å². The Morgan fingerprint density at radius 1 is 0.946 bits per heavy atom. The van der Waals surface area contributed by atoms with Crippen LogP contribution in [0, 0.1) is 11.6 Å². The van der Waals surface area contributed by atoms with Crippen molar-refractivity contribution in [3.05, 3.63) is 106 Å². The quantitative estimate of drug-likeness (QED) is 0.338. The van der Waals surface area contributed by atoms with Crippen LogP contribution in [0.2, 0.25) is 0 Å². The van der Waals surface area contributed by atoms with Gasteiger partial charge >= 0.3 is 0 Å². The summed E-state index contributed by atoms with van der Waals surface area (Å²) in [6.45, 7) is 0.403. The fourth-order valence-electron chi connectivity index (χ4n) is 3.50. The summed E-state index contributed by atoms with van der Waals surface area (Å²) < 4.78 is 37.5. The molecule has 0 saturated carbocycles. The number of carbonyl (C=O) groups excluding carboxylic acids is 1. The molecule has 0 radical (unpaired) electrons. The van der Waals surface area contributed by atoms with E-state index in [1.807, 2.05) is 0 Å². The van der Waals surface area contributed by atoms with Crippen LogP contribution in [-0.4, -0.2) is 28.2 Å². The van der Waals surface area contributed by atoms with Crippen LogP contribution in [0.4, 0.5) is 8.78 Å². The number of amides is 1. The van der Waals surface area contributed by atoms with Crippen molar-refractivity contribution in [1.82, 2.24) is 20.5 Å². The number of rotatable bonds is 10. The molecule has 0 unspecified atom stereocenters. The molecular formula is C27H24F2N4O4. The number of nitrogens with zero attached hydrogens (tertiary/aromatic N) is 2. The van der Waals surface area contributed by atoms with Crippen LogP contribution in [0.5, 0.6) is 11.5 Å². The van der Waals surface area contributed by atoms with Crippen LogP contribution in [0.3, 0.4) is 0 Å².